The largest absolute Gasteiger partial charge is 0.504 e. The monoisotopic (exact) mass is 236 g/mol. The molecule has 1 aromatic rings. The van der Waals surface area contributed by atoms with E-state index in [-0.39, 0.29) is 11.5 Å². The molecule has 0 saturated carbocycles. The van der Waals surface area contributed by atoms with Crippen LogP contribution >= 0.6 is 0 Å². The average Bonchev–Trinajstić information content (AvgIpc) is 2.76. The molecule has 1 atom stereocenters. The van der Waals surface area contributed by atoms with Crippen LogP contribution in [0.5, 0.6) is 11.5 Å². The third-order valence-corrected chi connectivity index (χ3v) is 3.19. The van der Waals surface area contributed by atoms with Gasteiger partial charge in [-0.1, -0.05) is 6.07 Å². The first-order valence-corrected chi connectivity index (χ1v) is 6.08. The maximum atomic E-state index is 9.42. The summed E-state index contributed by atoms with van der Waals surface area (Å²) in [6.45, 7) is 2.92. The molecular formula is C13H20N2O2. The van der Waals surface area contributed by atoms with E-state index in [1.165, 1.54) is 18.9 Å². The van der Waals surface area contributed by atoms with Crippen LogP contribution in [0.2, 0.25) is 0 Å². The molecule has 1 unspecified atom stereocenters. The second kappa shape index (κ2) is 5.38. The van der Waals surface area contributed by atoms with Crippen LogP contribution in [0.1, 0.15) is 18.4 Å². The summed E-state index contributed by atoms with van der Waals surface area (Å²) >= 11 is 0. The Bertz CT molecular complexity index is 376. The Morgan fingerprint density at radius 3 is 2.82 bits per heavy atom. The third kappa shape index (κ3) is 3.35. The van der Waals surface area contributed by atoms with Crippen molar-refractivity contribution in [3.05, 3.63) is 23.8 Å². The lowest BCUT2D eigenvalue weighted by Crippen LogP contribution is -2.34. The van der Waals surface area contributed by atoms with Gasteiger partial charge >= 0.3 is 0 Å². The zero-order valence-electron chi connectivity index (χ0n) is 10.2. The number of nitrogens with one attached hydrogen (secondary N) is 1. The number of nitrogens with zero attached hydrogens (tertiary/aromatic N) is 1. The fraction of sp³-hybridized carbons (Fsp3) is 0.538. The van der Waals surface area contributed by atoms with E-state index in [9.17, 15) is 10.2 Å². The van der Waals surface area contributed by atoms with Gasteiger partial charge in [-0.15, -0.1) is 0 Å². The molecule has 94 valence electrons. The van der Waals surface area contributed by atoms with Crippen LogP contribution in [0.25, 0.3) is 0 Å². The van der Waals surface area contributed by atoms with Crippen LogP contribution < -0.4 is 5.32 Å². The summed E-state index contributed by atoms with van der Waals surface area (Å²) in [6, 6.07) is 5.58. The summed E-state index contributed by atoms with van der Waals surface area (Å²) < 4.78 is 0. The van der Waals surface area contributed by atoms with Crippen molar-refractivity contribution in [2.45, 2.75) is 25.4 Å². The number of rotatable bonds is 4. The number of hydrogen-bond acceptors (Lipinski definition) is 4. The van der Waals surface area contributed by atoms with E-state index >= 15 is 0 Å². The van der Waals surface area contributed by atoms with E-state index in [0.29, 0.717) is 6.04 Å². The molecule has 2 rings (SSSR count). The molecule has 1 saturated heterocycles. The summed E-state index contributed by atoms with van der Waals surface area (Å²) in [5.41, 5.74) is 1.01. The van der Waals surface area contributed by atoms with E-state index in [2.05, 4.69) is 17.3 Å². The quantitative estimate of drug-likeness (QED) is 0.689. The van der Waals surface area contributed by atoms with Crippen molar-refractivity contribution < 1.29 is 10.2 Å². The van der Waals surface area contributed by atoms with Crippen LogP contribution in [-0.2, 0) is 6.54 Å². The molecule has 0 aromatic heterocycles. The second-order valence-electron chi connectivity index (χ2n) is 4.81. The molecule has 3 N–H and O–H groups in total. The Labute approximate surface area is 102 Å². The minimum absolute atomic E-state index is 0.0464. The standard InChI is InChI=1S/C13H20N2O2/c1-15(9-11-3-2-6-14-11)8-10-4-5-12(16)13(17)7-10/h4-5,7,11,14,16-17H,2-3,6,8-9H2,1H3. The van der Waals surface area contributed by atoms with Gasteiger partial charge in [-0.05, 0) is 44.1 Å². The summed E-state index contributed by atoms with van der Waals surface area (Å²) in [6.07, 6.45) is 2.50. The van der Waals surface area contributed by atoms with E-state index in [0.717, 1.165) is 25.2 Å². The Hall–Kier alpha value is -1.26. The summed E-state index contributed by atoms with van der Waals surface area (Å²) in [5, 5.41) is 22.1. The van der Waals surface area contributed by atoms with Gasteiger partial charge in [-0.25, -0.2) is 0 Å². The van der Waals surface area contributed by atoms with Crippen molar-refractivity contribution in [3.8, 4) is 11.5 Å². The van der Waals surface area contributed by atoms with Gasteiger partial charge in [0.1, 0.15) is 0 Å². The predicted octanol–water partition coefficient (Wildman–Crippen LogP) is 1.28. The van der Waals surface area contributed by atoms with Gasteiger partial charge in [0.05, 0.1) is 0 Å². The maximum absolute atomic E-state index is 9.42. The molecule has 17 heavy (non-hydrogen) atoms. The predicted molar refractivity (Wildman–Crippen MR) is 67.1 cm³/mol. The van der Waals surface area contributed by atoms with E-state index in [4.69, 9.17) is 0 Å². The van der Waals surface area contributed by atoms with Crippen LogP contribution in [0, 0.1) is 0 Å². The Morgan fingerprint density at radius 2 is 2.18 bits per heavy atom. The first-order chi connectivity index (χ1) is 8.15. The molecule has 4 heteroatoms. The molecule has 0 spiro atoms. The van der Waals surface area contributed by atoms with Crippen molar-refractivity contribution in [1.29, 1.82) is 0 Å². The number of benzene rings is 1. The maximum Gasteiger partial charge on any atom is 0.157 e. The highest BCUT2D eigenvalue weighted by atomic mass is 16.3. The van der Waals surface area contributed by atoms with Crippen molar-refractivity contribution in [2.75, 3.05) is 20.1 Å². The highest BCUT2D eigenvalue weighted by Crippen LogP contribution is 2.25. The fourth-order valence-corrected chi connectivity index (χ4v) is 2.33. The molecule has 1 aliphatic heterocycles. The number of phenols is 2. The molecule has 1 fully saturated rings. The smallest absolute Gasteiger partial charge is 0.157 e. The van der Waals surface area contributed by atoms with Crippen LogP contribution in [0.4, 0.5) is 0 Å². The SMILES string of the molecule is CN(Cc1ccc(O)c(O)c1)CC1CCCN1. The van der Waals surface area contributed by atoms with Gasteiger partial charge in [-0.2, -0.15) is 0 Å². The Morgan fingerprint density at radius 1 is 1.35 bits per heavy atom. The van der Waals surface area contributed by atoms with Crippen LogP contribution in [0.3, 0.4) is 0 Å². The first kappa shape index (κ1) is 12.2. The molecule has 1 heterocycles. The number of hydrogen-bond donors (Lipinski definition) is 3. The van der Waals surface area contributed by atoms with Gasteiger partial charge < -0.3 is 20.4 Å². The fourth-order valence-electron chi connectivity index (χ4n) is 2.33. The molecule has 0 amide bonds. The minimum atomic E-state index is -0.0612. The average molecular weight is 236 g/mol. The Kier molecular flexibility index (Phi) is 3.86. The number of likely N-dealkylation sites (N-methyl/N-ethyl adjacent to an activating group) is 1. The second-order valence-corrected chi connectivity index (χ2v) is 4.81. The van der Waals surface area contributed by atoms with Crippen molar-refractivity contribution >= 4 is 0 Å². The van der Waals surface area contributed by atoms with Gasteiger partial charge in [-0.3, -0.25) is 0 Å². The molecule has 1 aromatic carbocycles. The number of aromatic hydroxyl groups is 2. The van der Waals surface area contributed by atoms with Crippen LogP contribution in [0.15, 0.2) is 18.2 Å². The molecule has 4 nitrogen and oxygen atoms in total. The lowest BCUT2D eigenvalue weighted by Gasteiger charge is -2.21. The summed E-state index contributed by atoms with van der Waals surface area (Å²) in [4.78, 5) is 2.23. The Balaban J connectivity index is 1.88. The topological polar surface area (TPSA) is 55.7 Å². The van der Waals surface area contributed by atoms with Crippen molar-refractivity contribution in [3.63, 3.8) is 0 Å². The highest BCUT2D eigenvalue weighted by molar-refractivity contribution is 5.40. The highest BCUT2D eigenvalue weighted by Gasteiger charge is 2.15. The molecular weight excluding hydrogens is 216 g/mol. The third-order valence-electron chi connectivity index (χ3n) is 3.19. The molecule has 0 radical (unpaired) electrons. The lowest BCUT2D eigenvalue weighted by molar-refractivity contribution is 0.292. The van der Waals surface area contributed by atoms with Gasteiger partial charge in [0.15, 0.2) is 11.5 Å². The lowest BCUT2D eigenvalue weighted by atomic mass is 10.1. The van der Waals surface area contributed by atoms with Crippen LogP contribution in [-0.4, -0.2) is 41.3 Å². The zero-order valence-corrected chi connectivity index (χ0v) is 10.2. The van der Waals surface area contributed by atoms with Crippen molar-refractivity contribution in [1.82, 2.24) is 10.2 Å². The van der Waals surface area contributed by atoms with Gasteiger partial charge in [0, 0.05) is 19.1 Å². The molecule has 0 bridgehead atoms. The summed E-state index contributed by atoms with van der Waals surface area (Å²) in [5.74, 6) is -0.108. The van der Waals surface area contributed by atoms with E-state index < -0.39 is 0 Å². The first-order valence-electron chi connectivity index (χ1n) is 6.08. The zero-order chi connectivity index (χ0) is 12.3. The van der Waals surface area contributed by atoms with Crippen molar-refractivity contribution in [2.24, 2.45) is 0 Å². The summed E-state index contributed by atoms with van der Waals surface area (Å²) in [7, 11) is 2.07. The van der Waals surface area contributed by atoms with Gasteiger partial charge in [0.25, 0.3) is 0 Å². The number of phenolic OH excluding ortho intramolecular Hbond substituents is 2. The normalized spacial score (nSPS) is 20.0. The van der Waals surface area contributed by atoms with E-state index in [1.54, 1.807) is 6.07 Å². The van der Waals surface area contributed by atoms with Gasteiger partial charge in [0.2, 0.25) is 0 Å². The van der Waals surface area contributed by atoms with E-state index in [1.807, 2.05) is 6.07 Å². The molecule has 0 aliphatic carbocycles. The molecule has 1 aliphatic rings. The minimum Gasteiger partial charge on any atom is -0.504 e.